The number of nitrogens with two attached hydrogens (primary N) is 1. The molecular weight excluding hydrogens is 240 g/mol. The number of rotatable bonds is 7. The van der Waals surface area contributed by atoms with E-state index in [1.54, 1.807) is 0 Å². The molecule has 1 aliphatic rings. The van der Waals surface area contributed by atoms with Crippen molar-refractivity contribution in [2.45, 2.75) is 45.3 Å². The van der Waals surface area contributed by atoms with Gasteiger partial charge in [-0.05, 0) is 18.9 Å². The van der Waals surface area contributed by atoms with Crippen LogP contribution in [0.1, 0.15) is 43.9 Å². The normalized spacial score (nSPS) is 16.8. The van der Waals surface area contributed by atoms with Crippen molar-refractivity contribution in [3.8, 4) is 5.75 Å². The van der Waals surface area contributed by atoms with Crippen LogP contribution in [0.4, 0.5) is 0 Å². The first-order valence-electron chi connectivity index (χ1n) is 7.14. The lowest BCUT2D eigenvalue weighted by atomic mass is 9.96. The highest BCUT2D eigenvalue weighted by molar-refractivity contribution is 5.46. The van der Waals surface area contributed by atoms with Crippen LogP contribution in [-0.2, 0) is 11.2 Å². The van der Waals surface area contributed by atoms with Crippen molar-refractivity contribution in [3.63, 3.8) is 0 Å². The number of hydrogen-bond donors (Lipinski definition) is 2. The van der Waals surface area contributed by atoms with Gasteiger partial charge in [0, 0.05) is 18.6 Å². The van der Waals surface area contributed by atoms with Gasteiger partial charge in [-0.25, -0.2) is 0 Å². The zero-order chi connectivity index (χ0) is 13.7. The Morgan fingerprint density at radius 2 is 2.26 bits per heavy atom. The predicted octanol–water partition coefficient (Wildman–Crippen LogP) is 2.33. The van der Waals surface area contributed by atoms with E-state index in [4.69, 9.17) is 15.3 Å². The molecule has 0 saturated carbocycles. The molecule has 3 N–H and O–H groups in total. The molecule has 0 amide bonds. The molecule has 4 nitrogen and oxygen atoms in total. The number of para-hydroxylation sites is 1. The highest BCUT2D eigenvalue weighted by atomic mass is 16.5. The summed E-state index contributed by atoms with van der Waals surface area (Å²) in [7, 11) is 0. The maximum Gasteiger partial charge on any atom is 0.127 e. The van der Waals surface area contributed by atoms with Crippen molar-refractivity contribution in [1.82, 2.24) is 5.43 Å². The standard InChI is InChI=1S/C15H24N2O2/c1-3-6-13(18-4-2)14(17-16)12-8-5-7-11-9-10-19-15(11)12/h5,7-8,13-14,17H,3-4,6,9-10,16H2,1-2H3. The molecule has 1 heterocycles. The second-order valence-electron chi connectivity index (χ2n) is 4.86. The maximum absolute atomic E-state index is 5.85. The summed E-state index contributed by atoms with van der Waals surface area (Å²) in [6, 6.07) is 6.25. The van der Waals surface area contributed by atoms with Gasteiger partial charge in [0.25, 0.3) is 0 Å². The summed E-state index contributed by atoms with van der Waals surface area (Å²) in [4.78, 5) is 0. The Labute approximate surface area is 115 Å². The van der Waals surface area contributed by atoms with Gasteiger partial charge in [0.1, 0.15) is 5.75 Å². The Hall–Kier alpha value is -1.10. The number of hydrogen-bond acceptors (Lipinski definition) is 4. The van der Waals surface area contributed by atoms with Crippen LogP contribution in [0.15, 0.2) is 18.2 Å². The Bertz CT molecular complexity index is 403. The smallest absolute Gasteiger partial charge is 0.127 e. The van der Waals surface area contributed by atoms with E-state index in [0.717, 1.165) is 37.2 Å². The van der Waals surface area contributed by atoms with Gasteiger partial charge >= 0.3 is 0 Å². The quantitative estimate of drug-likeness (QED) is 0.586. The lowest BCUT2D eigenvalue weighted by molar-refractivity contribution is 0.0270. The molecule has 0 spiro atoms. The van der Waals surface area contributed by atoms with Crippen molar-refractivity contribution >= 4 is 0 Å². The second kappa shape index (κ2) is 6.89. The van der Waals surface area contributed by atoms with E-state index in [1.807, 2.05) is 6.92 Å². The second-order valence-corrected chi connectivity index (χ2v) is 4.86. The SMILES string of the molecule is CCCC(OCC)C(NN)c1cccc2c1OCC2. The van der Waals surface area contributed by atoms with E-state index < -0.39 is 0 Å². The molecule has 0 radical (unpaired) electrons. The molecule has 1 aromatic rings. The molecule has 0 fully saturated rings. The summed E-state index contributed by atoms with van der Waals surface area (Å²) in [6.45, 7) is 5.63. The van der Waals surface area contributed by atoms with E-state index in [0.29, 0.717) is 6.61 Å². The first-order valence-corrected chi connectivity index (χ1v) is 7.14. The summed E-state index contributed by atoms with van der Waals surface area (Å²) in [5, 5.41) is 0. The van der Waals surface area contributed by atoms with E-state index in [2.05, 4.69) is 30.5 Å². The van der Waals surface area contributed by atoms with E-state index in [1.165, 1.54) is 5.56 Å². The summed E-state index contributed by atoms with van der Waals surface area (Å²) in [5.74, 6) is 6.77. The molecule has 2 rings (SSSR count). The molecule has 1 aromatic carbocycles. The summed E-state index contributed by atoms with van der Waals surface area (Å²) >= 11 is 0. The lowest BCUT2D eigenvalue weighted by Crippen LogP contribution is -2.38. The third kappa shape index (κ3) is 3.08. The van der Waals surface area contributed by atoms with Crippen LogP contribution in [0.3, 0.4) is 0 Å². The minimum atomic E-state index is -0.0204. The van der Waals surface area contributed by atoms with Crippen LogP contribution in [0.25, 0.3) is 0 Å². The Morgan fingerprint density at radius 3 is 2.95 bits per heavy atom. The lowest BCUT2D eigenvalue weighted by Gasteiger charge is -2.27. The number of fused-ring (bicyclic) bond motifs is 1. The molecule has 1 aliphatic heterocycles. The summed E-state index contributed by atoms with van der Waals surface area (Å²) in [6.07, 6.45) is 3.11. The molecule has 0 bridgehead atoms. The zero-order valence-corrected chi connectivity index (χ0v) is 11.8. The average Bonchev–Trinajstić information content (AvgIpc) is 2.89. The summed E-state index contributed by atoms with van der Waals surface area (Å²) in [5.41, 5.74) is 5.30. The van der Waals surface area contributed by atoms with Gasteiger partial charge < -0.3 is 9.47 Å². The molecule has 0 aliphatic carbocycles. The number of ether oxygens (including phenoxy) is 2. The third-order valence-electron chi connectivity index (χ3n) is 3.59. The van der Waals surface area contributed by atoms with Gasteiger partial charge in [-0.3, -0.25) is 11.3 Å². The van der Waals surface area contributed by atoms with Gasteiger partial charge in [-0.2, -0.15) is 0 Å². The molecular formula is C15H24N2O2. The van der Waals surface area contributed by atoms with E-state index in [9.17, 15) is 0 Å². The van der Waals surface area contributed by atoms with Gasteiger partial charge in [-0.1, -0.05) is 31.5 Å². The molecule has 2 unspecified atom stereocenters. The van der Waals surface area contributed by atoms with E-state index in [-0.39, 0.29) is 12.1 Å². The highest BCUT2D eigenvalue weighted by Gasteiger charge is 2.27. The fourth-order valence-electron chi connectivity index (χ4n) is 2.73. The largest absolute Gasteiger partial charge is 0.493 e. The van der Waals surface area contributed by atoms with Gasteiger partial charge in [0.05, 0.1) is 18.8 Å². The van der Waals surface area contributed by atoms with Crippen LogP contribution >= 0.6 is 0 Å². The van der Waals surface area contributed by atoms with Crippen molar-refractivity contribution in [3.05, 3.63) is 29.3 Å². The minimum Gasteiger partial charge on any atom is -0.493 e. The van der Waals surface area contributed by atoms with Crippen LogP contribution < -0.4 is 16.0 Å². The first-order chi connectivity index (χ1) is 9.31. The Balaban J connectivity index is 2.27. The van der Waals surface area contributed by atoms with Crippen molar-refractivity contribution in [2.24, 2.45) is 5.84 Å². The number of benzene rings is 1. The van der Waals surface area contributed by atoms with Gasteiger partial charge in [-0.15, -0.1) is 0 Å². The monoisotopic (exact) mass is 264 g/mol. The van der Waals surface area contributed by atoms with E-state index >= 15 is 0 Å². The predicted molar refractivity (Wildman–Crippen MR) is 76.0 cm³/mol. The highest BCUT2D eigenvalue weighted by Crippen LogP contribution is 2.35. The van der Waals surface area contributed by atoms with Crippen molar-refractivity contribution in [2.75, 3.05) is 13.2 Å². The third-order valence-corrected chi connectivity index (χ3v) is 3.59. The van der Waals surface area contributed by atoms with Crippen LogP contribution in [-0.4, -0.2) is 19.3 Å². The average molecular weight is 264 g/mol. The van der Waals surface area contributed by atoms with Crippen LogP contribution in [0.2, 0.25) is 0 Å². The van der Waals surface area contributed by atoms with Gasteiger partial charge in [0.15, 0.2) is 0 Å². The molecule has 106 valence electrons. The van der Waals surface area contributed by atoms with Gasteiger partial charge in [0.2, 0.25) is 0 Å². The molecule has 4 heteroatoms. The zero-order valence-electron chi connectivity index (χ0n) is 11.8. The van der Waals surface area contributed by atoms with Crippen LogP contribution in [0, 0.1) is 0 Å². The molecule has 19 heavy (non-hydrogen) atoms. The number of hydrazine groups is 1. The summed E-state index contributed by atoms with van der Waals surface area (Å²) < 4.78 is 11.6. The number of nitrogens with one attached hydrogen (secondary N) is 1. The fraction of sp³-hybridized carbons (Fsp3) is 0.600. The minimum absolute atomic E-state index is 0.0204. The maximum atomic E-state index is 5.85. The van der Waals surface area contributed by atoms with Crippen molar-refractivity contribution < 1.29 is 9.47 Å². The topological polar surface area (TPSA) is 56.5 Å². The molecule has 0 aromatic heterocycles. The molecule has 0 saturated heterocycles. The Kier molecular flexibility index (Phi) is 5.19. The Morgan fingerprint density at radius 1 is 1.42 bits per heavy atom. The molecule has 2 atom stereocenters. The van der Waals surface area contributed by atoms with Crippen LogP contribution in [0.5, 0.6) is 5.75 Å². The fourth-order valence-corrected chi connectivity index (χ4v) is 2.73. The first kappa shape index (κ1) is 14.3. The van der Waals surface area contributed by atoms with Crippen molar-refractivity contribution in [1.29, 1.82) is 0 Å².